The van der Waals surface area contributed by atoms with E-state index in [9.17, 15) is 5.21 Å². The lowest BCUT2D eigenvalue weighted by atomic mass is 10.2. The molecule has 0 saturated carbocycles. The van der Waals surface area contributed by atoms with Gasteiger partial charge in [-0.2, -0.15) is 5.23 Å². The second-order valence-electron chi connectivity index (χ2n) is 2.68. The van der Waals surface area contributed by atoms with Gasteiger partial charge in [0.1, 0.15) is 5.69 Å². The normalized spacial score (nSPS) is 14.1. The predicted molar refractivity (Wildman–Crippen MR) is 47.3 cm³/mol. The highest BCUT2D eigenvalue weighted by Gasteiger charge is 2.09. The number of hydrogen-bond acceptors (Lipinski definition) is 5. The minimum Gasteiger partial charge on any atom is -0.595 e. The van der Waals surface area contributed by atoms with Crippen LogP contribution < -0.4 is 11.0 Å². The molecule has 0 radical (unpaired) electrons. The summed E-state index contributed by atoms with van der Waals surface area (Å²) in [5.41, 5.74) is 6.20. The maximum absolute atomic E-state index is 10.6. The van der Waals surface area contributed by atoms with Crippen LogP contribution in [0.5, 0.6) is 0 Å². The first-order chi connectivity index (χ1) is 6.56. The van der Waals surface area contributed by atoms with Crippen molar-refractivity contribution in [2.45, 2.75) is 6.92 Å². The van der Waals surface area contributed by atoms with Gasteiger partial charge in [0.15, 0.2) is 11.5 Å². The first-order valence-corrected chi connectivity index (χ1v) is 3.74. The Morgan fingerprint density at radius 1 is 1.71 bits per heavy atom. The summed E-state index contributed by atoms with van der Waals surface area (Å²) in [4.78, 5) is 3.77. The fourth-order valence-electron chi connectivity index (χ4n) is 1.01. The van der Waals surface area contributed by atoms with Crippen molar-refractivity contribution in [3.8, 4) is 0 Å². The molecule has 0 bridgehead atoms. The lowest BCUT2D eigenvalue weighted by Gasteiger charge is -2.12. The Hall–Kier alpha value is -1.70. The van der Waals surface area contributed by atoms with Crippen molar-refractivity contribution in [1.29, 1.82) is 0 Å². The van der Waals surface area contributed by atoms with E-state index >= 15 is 0 Å². The van der Waals surface area contributed by atoms with E-state index in [1.807, 2.05) is 0 Å². The molecule has 14 heavy (non-hydrogen) atoms. The predicted octanol–water partition coefficient (Wildman–Crippen LogP) is -1.11. The lowest BCUT2D eigenvalue weighted by molar-refractivity contribution is -0.991. The molecule has 0 spiro atoms. The summed E-state index contributed by atoms with van der Waals surface area (Å²) in [6.07, 6.45) is 1.16. The Bertz CT molecular complexity index is 364. The number of rotatable bonds is 2. The zero-order valence-corrected chi connectivity index (χ0v) is 7.43. The van der Waals surface area contributed by atoms with E-state index in [1.165, 1.54) is 6.07 Å². The van der Waals surface area contributed by atoms with Gasteiger partial charge in [0.2, 0.25) is 0 Å². The molecule has 76 valence electrons. The van der Waals surface area contributed by atoms with Crippen LogP contribution in [-0.2, 0) is 0 Å². The monoisotopic (exact) mass is 198 g/mol. The topological polar surface area (TPSA) is 119 Å². The summed E-state index contributed by atoms with van der Waals surface area (Å²) in [6, 6.07) is 1.41. The number of nitrogens with one attached hydrogen (secondary N) is 1. The van der Waals surface area contributed by atoms with E-state index in [1.54, 1.807) is 6.92 Å². The molecular weight excluding hydrogens is 188 g/mol. The third-order valence-corrected chi connectivity index (χ3v) is 1.68. The Labute approximate surface area is 79.6 Å². The SMILES string of the molecule is Cc1cc([NH+]([O-])O)cnc1/C(N)=N/O. The molecule has 5 N–H and O–H groups in total. The first-order valence-electron chi connectivity index (χ1n) is 3.74. The Kier molecular flexibility index (Phi) is 2.97. The van der Waals surface area contributed by atoms with Gasteiger partial charge >= 0.3 is 0 Å². The zero-order chi connectivity index (χ0) is 10.7. The van der Waals surface area contributed by atoms with Crippen molar-refractivity contribution in [3.63, 3.8) is 0 Å². The molecule has 0 saturated heterocycles. The van der Waals surface area contributed by atoms with Gasteiger partial charge in [-0.1, -0.05) is 5.16 Å². The van der Waals surface area contributed by atoms with Gasteiger partial charge in [0, 0.05) is 6.07 Å². The summed E-state index contributed by atoms with van der Waals surface area (Å²) >= 11 is 0. The van der Waals surface area contributed by atoms with Gasteiger partial charge in [-0.3, -0.25) is 0 Å². The van der Waals surface area contributed by atoms with Gasteiger partial charge in [-0.05, 0) is 12.5 Å². The molecule has 1 aromatic rings. The van der Waals surface area contributed by atoms with Crippen molar-refractivity contribution in [2.24, 2.45) is 10.9 Å². The van der Waals surface area contributed by atoms with Crippen LogP contribution >= 0.6 is 0 Å². The summed E-state index contributed by atoms with van der Waals surface area (Å²) in [6.45, 7) is 1.63. The van der Waals surface area contributed by atoms with Crippen LogP contribution in [0.3, 0.4) is 0 Å². The number of nitrogens with two attached hydrogens (primary N) is 1. The summed E-state index contributed by atoms with van der Waals surface area (Å²) < 4.78 is 0. The molecule has 0 aliphatic rings. The number of quaternary nitrogens is 1. The van der Waals surface area contributed by atoms with E-state index in [4.69, 9.17) is 16.1 Å². The third kappa shape index (κ3) is 1.96. The summed E-state index contributed by atoms with van der Waals surface area (Å²) in [7, 11) is 0. The largest absolute Gasteiger partial charge is 0.595 e. The quantitative estimate of drug-likeness (QED) is 0.208. The van der Waals surface area contributed by atoms with Crippen LogP contribution in [0, 0.1) is 12.1 Å². The molecule has 7 nitrogen and oxygen atoms in total. The zero-order valence-electron chi connectivity index (χ0n) is 7.43. The number of amidine groups is 1. The number of hydrogen-bond donors (Lipinski definition) is 4. The van der Waals surface area contributed by atoms with Crippen molar-refractivity contribution < 1.29 is 15.6 Å². The van der Waals surface area contributed by atoms with Crippen molar-refractivity contribution in [2.75, 3.05) is 0 Å². The molecule has 1 unspecified atom stereocenters. The van der Waals surface area contributed by atoms with Crippen LogP contribution in [0.25, 0.3) is 0 Å². The van der Waals surface area contributed by atoms with E-state index in [0.717, 1.165) is 6.20 Å². The number of aryl methyl sites for hydroxylation is 1. The van der Waals surface area contributed by atoms with Crippen LogP contribution in [0.4, 0.5) is 5.69 Å². The molecule has 1 rings (SSSR count). The van der Waals surface area contributed by atoms with Crippen LogP contribution in [0.15, 0.2) is 17.4 Å². The van der Waals surface area contributed by atoms with Crippen molar-refractivity contribution in [1.82, 2.24) is 4.98 Å². The summed E-state index contributed by atoms with van der Waals surface area (Å²) in [5, 5.41) is 29.3. The smallest absolute Gasteiger partial charge is 0.189 e. The Balaban J connectivity index is 3.14. The average molecular weight is 198 g/mol. The molecule has 0 aliphatic heterocycles. The molecule has 0 aromatic carbocycles. The van der Waals surface area contributed by atoms with Crippen LogP contribution in [0.1, 0.15) is 11.3 Å². The van der Waals surface area contributed by atoms with E-state index < -0.39 is 5.23 Å². The maximum atomic E-state index is 10.6. The molecule has 0 fully saturated rings. The molecule has 1 atom stereocenters. The number of oxime groups is 1. The highest BCUT2D eigenvalue weighted by Crippen LogP contribution is 2.08. The van der Waals surface area contributed by atoms with E-state index in [2.05, 4.69) is 10.1 Å². The Morgan fingerprint density at radius 3 is 2.79 bits per heavy atom. The van der Waals surface area contributed by atoms with E-state index in [0.29, 0.717) is 5.56 Å². The van der Waals surface area contributed by atoms with Gasteiger partial charge in [0.25, 0.3) is 0 Å². The highest BCUT2D eigenvalue weighted by molar-refractivity contribution is 5.96. The molecule has 0 aliphatic carbocycles. The highest BCUT2D eigenvalue weighted by atomic mass is 16.8. The van der Waals surface area contributed by atoms with Crippen molar-refractivity contribution >= 4 is 11.5 Å². The molecular formula is C7H10N4O3. The maximum Gasteiger partial charge on any atom is 0.189 e. The molecule has 1 aromatic heterocycles. The lowest BCUT2D eigenvalue weighted by Crippen LogP contribution is -2.99. The van der Waals surface area contributed by atoms with Gasteiger partial charge in [0.05, 0.1) is 6.20 Å². The first kappa shape index (κ1) is 10.4. The van der Waals surface area contributed by atoms with E-state index in [-0.39, 0.29) is 17.2 Å². The van der Waals surface area contributed by atoms with Gasteiger partial charge in [-0.15, -0.1) is 0 Å². The average Bonchev–Trinajstić information content (AvgIpc) is 2.16. The van der Waals surface area contributed by atoms with Crippen LogP contribution in [-0.4, -0.2) is 21.2 Å². The van der Waals surface area contributed by atoms with Crippen LogP contribution in [0.2, 0.25) is 0 Å². The standard InChI is InChI=1S/C7H10N4O3/c1-4-2-5(11(13)14)3-9-6(4)7(8)10-12/h2-3,11-13H,1H3,(H2,8,10). The van der Waals surface area contributed by atoms with Crippen molar-refractivity contribution in [3.05, 3.63) is 28.7 Å². The second-order valence-corrected chi connectivity index (χ2v) is 2.68. The Morgan fingerprint density at radius 2 is 2.36 bits per heavy atom. The van der Waals surface area contributed by atoms with Gasteiger partial charge < -0.3 is 16.1 Å². The number of pyridine rings is 1. The fraction of sp³-hybridized carbons (Fsp3) is 0.143. The summed E-state index contributed by atoms with van der Waals surface area (Å²) in [5.74, 6) is -0.139. The molecule has 7 heteroatoms. The van der Waals surface area contributed by atoms with Gasteiger partial charge in [-0.25, -0.2) is 10.2 Å². The minimum absolute atomic E-state index is 0.0667. The molecule has 0 amide bonds. The molecule has 1 heterocycles. The number of aromatic nitrogens is 1. The minimum atomic E-state index is -1.06. The fourth-order valence-corrected chi connectivity index (χ4v) is 1.01. The third-order valence-electron chi connectivity index (χ3n) is 1.68. The number of nitrogens with zero attached hydrogens (tertiary/aromatic N) is 2. The second kappa shape index (κ2) is 4.01.